The third kappa shape index (κ3) is 78.7. The average Bonchev–Trinajstić information content (AvgIpc) is 0.900. The number of rotatable bonds is 86. The summed E-state index contributed by atoms with van der Waals surface area (Å²) < 4.78 is 69.0. The summed E-state index contributed by atoms with van der Waals surface area (Å²) in [6, 6.07) is 0. The molecule has 0 aromatic carbocycles. The minimum atomic E-state index is -4.97. The van der Waals surface area contributed by atoms with Crippen molar-refractivity contribution in [2.24, 2.45) is 11.8 Å². The van der Waals surface area contributed by atoms with Crippen molar-refractivity contribution in [3.8, 4) is 0 Å². The summed E-state index contributed by atoms with van der Waals surface area (Å²) >= 11 is 0. The fraction of sp³-hybridized carbons (Fsp3) is 0.954. The fourth-order valence-corrected chi connectivity index (χ4v) is 15.1. The highest BCUT2D eigenvalue weighted by Gasteiger charge is 2.30. The first-order valence-corrected chi connectivity index (χ1v) is 48.0. The van der Waals surface area contributed by atoms with Gasteiger partial charge in [0.1, 0.15) is 19.3 Å². The van der Waals surface area contributed by atoms with Crippen molar-refractivity contribution >= 4 is 39.5 Å². The van der Waals surface area contributed by atoms with E-state index in [1.54, 1.807) is 0 Å². The Bertz CT molecular complexity index is 2030. The summed E-state index contributed by atoms with van der Waals surface area (Å²) in [4.78, 5) is 73.3. The molecule has 0 aliphatic rings. The maximum Gasteiger partial charge on any atom is 0.472 e. The lowest BCUT2D eigenvalue weighted by molar-refractivity contribution is -0.161. The molecule has 0 fully saturated rings. The van der Waals surface area contributed by atoms with Crippen LogP contribution in [0.2, 0.25) is 0 Å². The van der Waals surface area contributed by atoms with Crippen LogP contribution in [0.25, 0.3) is 0 Å². The van der Waals surface area contributed by atoms with Gasteiger partial charge in [0.2, 0.25) is 0 Å². The van der Waals surface area contributed by atoms with Crippen LogP contribution in [0.1, 0.15) is 465 Å². The van der Waals surface area contributed by atoms with Crippen molar-refractivity contribution < 1.29 is 80.2 Å². The Morgan fingerprint density at radius 3 is 0.717 bits per heavy atom. The van der Waals surface area contributed by atoms with Gasteiger partial charge in [0.05, 0.1) is 26.4 Å². The van der Waals surface area contributed by atoms with E-state index in [1.165, 1.54) is 283 Å². The summed E-state index contributed by atoms with van der Waals surface area (Å²) in [5.74, 6) is -0.516. The topological polar surface area (TPSA) is 237 Å². The Morgan fingerprint density at radius 2 is 0.481 bits per heavy atom. The molecule has 0 bridgehead atoms. The summed E-state index contributed by atoms with van der Waals surface area (Å²) in [7, 11) is -9.93. The number of phosphoric acid groups is 2. The van der Waals surface area contributed by atoms with Crippen LogP contribution < -0.4 is 0 Å². The zero-order chi connectivity index (χ0) is 77.8. The third-order valence-corrected chi connectivity index (χ3v) is 22.7. The zero-order valence-electron chi connectivity index (χ0n) is 69.7. The van der Waals surface area contributed by atoms with E-state index in [0.29, 0.717) is 25.7 Å². The van der Waals surface area contributed by atoms with Crippen LogP contribution in [-0.2, 0) is 65.4 Å². The minimum Gasteiger partial charge on any atom is -0.462 e. The second-order valence-corrected chi connectivity index (χ2v) is 34.9. The van der Waals surface area contributed by atoms with Crippen LogP contribution >= 0.6 is 15.6 Å². The van der Waals surface area contributed by atoms with E-state index in [1.807, 2.05) is 0 Å². The second kappa shape index (κ2) is 78.3. The molecule has 0 aliphatic carbocycles. The quantitative estimate of drug-likeness (QED) is 0.0222. The number of ether oxygens (including phenoxy) is 4. The summed E-state index contributed by atoms with van der Waals surface area (Å²) in [6.45, 7) is 9.72. The molecule has 0 aromatic heterocycles. The smallest absolute Gasteiger partial charge is 0.462 e. The molecular weight excluding hydrogens is 1380 g/mol. The van der Waals surface area contributed by atoms with Gasteiger partial charge in [0.25, 0.3) is 0 Å². The number of aliphatic hydroxyl groups is 1. The minimum absolute atomic E-state index is 0.108. The number of esters is 4. The lowest BCUT2D eigenvalue weighted by Crippen LogP contribution is -2.30. The molecule has 6 atom stereocenters. The molecular formula is C87H170O17P2. The molecule has 17 nitrogen and oxygen atoms in total. The van der Waals surface area contributed by atoms with Gasteiger partial charge in [-0.2, -0.15) is 0 Å². The monoisotopic (exact) mass is 1550 g/mol. The first-order valence-electron chi connectivity index (χ1n) is 45.0. The highest BCUT2D eigenvalue weighted by atomic mass is 31.2. The Balaban J connectivity index is 5.26. The maximum absolute atomic E-state index is 13.2. The predicted octanol–water partition coefficient (Wildman–Crippen LogP) is 26.6. The van der Waals surface area contributed by atoms with E-state index in [2.05, 4.69) is 41.5 Å². The lowest BCUT2D eigenvalue weighted by atomic mass is 9.99. The van der Waals surface area contributed by atoms with Crippen LogP contribution in [0, 0.1) is 11.8 Å². The second-order valence-electron chi connectivity index (χ2n) is 32.0. The van der Waals surface area contributed by atoms with Gasteiger partial charge >= 0.3 is 39.5 Å². The molecule has 19 heteroatoms. The average molecular weight is 1550 g/mol. The molecule has 106 heavy (non-hydrogen) atoms. The molecule has 3 N–H and O–H groups in total. The molecule has 0 aromatic rings. The van der Waals surface area contributed by atoms with Gasteiger partial charge in [-0.15, -0.1) is 0 Å². The van der Waals surface area contributed by atoms with Gasteiger partial charge in [-0.25, -0.2) is 9.13 Å². The Labute approximate surface area is 651 Å². The third-order valence-electron chi connectivity index (χ3n) is 20.8. The number of phosphoric ester groups is 2. The van der Waals surface area contributed by atoms with Gasteiger partial charge in [-0.05, 0) is 37.5 Å². The van der Waals surface area contributed by atoms with Gasteiger partial charge in [0, 0.05) is 25.7 Å². The van der Waals surface area contributed by atoms with E-state index < -0.39 is 97.5 Å². The van der Waals surface area contributed by atoms with Crippen LogP contribution in [-0.4, -0.2) is 96.7 Å². The van der Waals surface area contributed by atoms with E-state index in [-0.39, 0.29) is 25.7 Å². The number of carbonyl (C=O) groups excluding carboxylic acids is 4. The lowest BCUT2D eigenvalue weighted by Gasteiger charge is -2.21. The van der Waals surface area contributed by atoms with E-state index in [4.69, 9.17) is 37.0 Å². The van der Waals surface area contributed by atoms with Crippen LogP contribution in [0.4, 0.5) is 0 Å². The van der Waals surface area contributed by atoms with Gasteiger partial charge < -0.3 is 33.8 Å². The van der Waals surface area contributed by atoms with Crippen molar-refractivity contribution in [1.82, 2.24) is 0 Å². The summed E-state index contributed by atoms with van der Waals surface area (Å²) in [5, 5.41) is 10.7. The highest BCUT2D eigenvalue weighted by molar-refractivity contribution is 7.47. The van der Waals surface area contributed by atoms with Gasteiger partial charge in [-0.1, -0.05) is 414 Å². The molecule has 0 amide bonds. The highest BCUT2D eigenvalue weighted by Crippen LogP contribution is 2.45. The number of aliphatic hydroxyl groups excluding tert-OH is 1. The number of hydrogen-bond donors (Lipinski definition) is 3. The largest absolute Gasteiger partial charge is 0.472 e. The SMILES string of the molecule is CCCCCCCCCCCCCCCCCCCCCC(=O)O[C@H](COC(=O)CCCCCCCCCCCCCCCCCC(C)C)COP(=O)(O)OC[C@@H](O)COP(=O)(O)OC[C@@H](COC(=O)CCCCCCCCCCC(C)CC)OC(=O)CCCCCCCCCCCCCCCCCCC. The van der Waals surface area contributed by atoms with E-state index in [9.17, 15) is 43.2 Å². The summed E-state index contributed by atoms with van der Waals surface area (Å²) in [5.41, 5.74) is 0. The molecule has 630 valence electrons. The van der Waals surface area contributed by atoms with Crippen LogP contribution in [0.3, 0.4) is 0 Å². The predicted molar refractivity (Wildman–Crippen MR) is 437 cm³/mol. The van der Waals surface area contributed by atoms with Crippen molar-refractivity contribution in [2.45, 2.75) is 484 Å². The van der Waals surface area contributed by atoms with Gasteiger partial charge in [-0.3, -0.25) is 37.3 Å². The molecule has 0 heterocycles. The molecule has 0 aliphatic heterocycles. The van der Waals surface area contributed by atoms with Crippen LogP contribution in [0.5, 0.6) is 0 Å². The van der Waals surface area contributed by atoms with Crippen LogP contribution in [0.15, 0.2) is 0 Å². The normalized spacial score (nSPS) is 14.1. The standard InChI is InChI=1S/C87H170O17P2/c1-7-10-12-14-16-18-20-22-24-26-27-29-33-38-42-46-54-60-66-71-86(91)103-82(75-97-84(89)69-63-57-51-44-40-36-34-30-31-35-39-43-49-55-61-67-79(4)5)77-101-105(93,94)99-73-81(88)74-100-106(95,96)102-78-83(76-98-85(90)70-64-58-52-48-47-50-56-62-68-80(6)9-3)104-87(92)72-65-59-53-45-41-37-32-28-25-23-21-19-17-15-13-11-8-2/h79-83,88H,7-78H2,1-6H3,(H,93,94)(H,95,96)/t80?,81-,82-,83-/m1/s1. The maximum atomic E-state index is 13.2. The molecule has 0 saturated heterocycles. The molecule has 0 spiro atoms. The molecule has 3 unspecified atom stereocenters. The zero-order valence-corrected chi connectivity index (χ0v) is 71.5. The number of unbranched alkanes of at least 4 members (excludes halogenated alkanes) is 55. The van der Waals surface area contributed by atoms with Crippen molar-refractivity contribution in [3.05, 3.63) is 0 Å². The summed E-state index contributed by atoms with van der Waals surface area (Å²) in [6.07, 6.45) is 70.7. The van der Waals surface area contributed by atoms with Gasteiger partial charge in [0.15, 0.2) is 12.2 Å². The number of carbonyl (C=O) groups is 4. The number of hydrogen-bond acceptors (Lipinski definition) is 15. The Hall–Kier alpha value is -1.94. The first-order chi connectivity index (χ1) is 51.4. The molecule has 0 radical (unpaired) electrons. The van der Waals surface area contributed by atoms with E-state index in [0.717, 1.165) is 102 Å². The van der Waals surface area contributed by atoms with Crippen molar-refractivity contribution in [3.63, 3.8) is 0 Å². The van der Waals surface area contributed by atoms with Crippen molar-refractivity contribution in [1.29, 1.82) is 0 Å². The van der Waals surface area contributed by atoms with E-state index >= 15 is 0 Å². The first kappa shape index (κ1) is 104. The molecule has 0 saturated carbocycles. The fourth-order valence-electron chi connectivity index (χ4n) is 13.6. The Kier molecular flexibility index (Phi) is 76.9. The molecule has 0 rings (SSSR count). The van der Waals surface area contributed by atoms with Crippen molar-refractivity contribution in [2.75, 3.05) is 39.6 Å². The Morgan fingerprint density at radius 1 is 0.274 bits per heavy atom.